The van der Waals surface area contributed by atoms with E-state index in [1.165, 1.54) is 33.0 Å². The Morgan fingerprint density at radius 1 is 0.356 bits per heavy atom. The SMILES string of the molecule is CC1(C)c2cc(N(c3ccccc3)c3cccc4ccccc34)ccc2-c2ccc(N(c3cccc4c3oc3ccccc34)c3cccc4c3oc3ccccc34)cc21. The molecule has 0 aliphatic heterocycles. The highest BCUT2D eigenvalue weighted by molar-refractivity contribution is 6.14. The molecule has 59 heavy (non-hydrogen) atoms. The smallest absolute Gasteiger partial charge is 0.159 e. The first-order valence-corrected chi connectivity index (χ1v) is 20.3. The van der Waals surface area contributed by atoms with E-state index in [9.17, 15) is 0 Å². The highest BCUT2D eigenvalue weighted by Gasteiger charge is 2.37. The third-order valence-corrected chi connectivity index (χ3v) is 12.4. The molecule has 0 fully saturated rings. The Morgan fingerprint density at radius 2 is 0.814 bits per heavy atom. The number of hydrogen-bond donors (Lipinski definition) is 0. The molecule has 280 valence electrons. The lowest BCUT2D eigenvalue weighted by Gasteiger charge is -2.29. The molecule has 11 aromatic rings. The summed E-state index contributed by atoms with van der Waals surface area (Å²) in [7, 11) is 0. The predicted octanol–water partition coefficient (Wildman–Crippen LogP) is 15.9. The zero-order valence-corrected chi connectivity index (χ0v) is 32.7. The van der Waals surface area contributed by atoms with Gasteiger partial charge in [0.25, 0.3) is 0 Å². The molecular weight excluding hydrogens is 721 g/mol. The number of nitrogens with zero attached hydrogens (tertiary/aromatic N) is 2. The fourth-order valence-electron chi connectivity index (χ4n) is 9.62. The van der Waals surface area contributed by atoms with Crippen LogP contribution in [0.5, 0.6) is 0 Å². The molecule has 0 saturated heterocycles. The molecule has 12 rings (SSSR count). The lowest BCUT2D eigenvalue weighted by Crippen LogP contribution is -2.18. The Hall–Kier alpha value is -7.56. The van der Waals surface area contributed by atoms with Gasteiger partial charge in [-0.05, 0) is 94.4 Å². The molecule has 4 nitrogen and oxygen atoms in total. The van der Waals surface area contributed by atoms with E-state index in [2.05, 4.69) is 194 Å². The molecule has 0 N–H and O–H groups in total. The van der Waals surface area contributed by atoms with Gasteiger partial charge in [-0.25, -0.2) is 0 Å². The second-order valence-corrected chi connectivity index (χ2v) is 16.1. The van der Waals surface area contributed by atoms with Crippen LogP contribution in [-0.4, -0.2) is 0 Å². The fraction of sp³-hybridized carbons (Fsp3) is 0.0545. The van der Waals surface area contributed by atoms with Gasteiger partial charge in [0.15, 0.2) is 11.2 Å². The molecule has 0 bridgehead atoms. The number of fused-ring (bicyclic) bond motifs is 10. The van der Waals surface area contributed by atoms with Crippen LogP contribution in [0.2, 0.25) is 0 Å². The van der Waals surface area contributed by atoms with Gasteiger partial charge in [-0.2, -0.15) is 0 Å². The van der Waals surface area contributed by atoms with Crippen LogP contribution >= 0.6 is 0 Å². The number of anilines is 6. The van der Waals surface area contributed by atoms with Gasteiger partial charge in [0.05, 0.1) is 17.1 Å². The Balaban J connectivity index is 1.05. The maximum atomic E-state index is 6.72. The van der Waals surface area contributed by atoms with Crippen molar-refractivity contribution < 1.29 is 8.83 Å². The van der Waals surface area contributed by atoms with Gasteiger partial charge in [-0.15, -0.1) is 0 Å². The summed E-state index contributed by atoms with van der Waals surface area (Å²) in [6, 6.07) is 69.4. The topological polar surface area (TPSA) is 32.8 Å². The van der Waals surface area contributed by atoms with Crippen molar-refractivity contribution in [2.24, 2.45) is 0 Å². The van der Waals surface area contributed by atoms with Crippen molar-refractivity contribution in [3.63, 3.8) is 0 Å². The summed E-state index contributed by atoms with van der Waals surface area (Å²) in [6.07, 6.45) is 0. The third kappa shape index (κ3) is 5.03. The number of benzene rings is 9. The van der Waals surface area contributed by atoms with Crippen LogP contribution < -0.4 is 9.80 Å². The Morgan fingerprint density at radius 3 is 1.42 bits per heavy atom. The first-order valence-electron chi connectivity index (χ1n) is 20.3. The number of rotatable bonds is 6. The summed E-state index contributed by atoms with van der Waals surface area (Å²) in [5.74, 6) is 0. The van der Waals surface area contributed by atoms with E-state index in [1.54, 1.807) is 0 Å². The van der Waals surface area contributed by atoms with Crippen molar-refractivity contribution in [1.29, 1.82) is 0 Å². The zero-order chi connectivity index (χ0) is 39.2. The molecule has 4 heteroatoms. The van der Waals surface area contributed by atoms with Crippen LogP contribution in [0, 0.1) is 0 Å². The maximum Gasteiger partial charge on any atom is 0.159 e. The highest BCUT2D eigenvalue weighted by Crippen LogP contribution is 2.54. The summed E-state index contributed by atoms with van der Waals surface area (Å²) in [5, 5.41) is 6.78. The average Bonchev–Trinajstić information content (AvgIpc) is 3.93. The van der Waals surface area contributed by atoms with E-state index in [0.717, 1.165) is 78.0 Å². The van der Waals surface area contributed by atoms with E-state index in [0.29, 0.717) is 0 Å². The standard InChI is InChI=1S/C55H38N2O2/c1-55(2)46-33-37(56(36-17-4-3-5-18-36)48-24-12-16-35-15-6-7-19-39(35)48)29-31-40(46)41-32-30-38(34-47(41)55)57(49-25-13-22-44-42-20-8-10-27-51(42)58-53(44)49)50-26-14-23-45-43-21-9-11-28-52(43)59-54(45)50/h3-34H,1-2H3. The summed E-state index contributed by atoms with van der Waals surface area (Å²) in [4.78, 5) is 4.73. The second kappa shape index (κ2) is 12.7. The first-order chi connectivity index (χ1) is 29.0. The zero-order valence-electron chi connectivity index (χ0n) is 32.7. The van der Waals surface area contributed by atoms with E-state index >= 15 is 0 Å². The van der Waals surface area contributed by atoms with Gasteiger partial charge in [-0.3, -0.25) is 0 Å². The van der Waals surface area contributed by atoms with Crippen LogP contribution in [0.1, 0.15) is 25.0 Å². The third-order valence-electron chi connectivity index (χ3n) is 12.4. The largest absolute Gasteiger partial charge is 0.454 e. The molecule has 0 unspecified atom stereocenters. The van der Waals surface area contributed by atoms with Gasteiger partial charge in [0.1, 0.15) is 11.2 Å². The van der Waals surface area contributed by atoms with E-state index in [4.69, 9.17) is 8.83 Å². The second-order valence-electron chi connectivity index (χ2n) is 16.1. The molecular formula is C55H38N2O2. The van der Waals surface area contributed by atoms with E-state index < -0.39 is 0 Å². The molecule has 0 saturated carbocycles. The monoisotopic (exact) mass is 758 g/mol. The average molecular weight is 759 g/mol. The Bertz CT molecular complexity index is 3330. The Kier molecular flexibility index (Phi) is 7.24. The van der Waals surface area contributed by atoms with Crippen LogP contribution in [-0.2, 0) is 5.41 Å². The lowest BCUT2D eigenvalue weighted by atomic mass is 9.82. The van der Waals surface area contributed by atoms with Crippen molar-refractivity contribution in [1.82, 2.24) is 0 Å². The molecule has 0 spiro atoms. The van der Waals surface area contributed by atoms with Crippen molar-refractivity contribution in [2.45, 2.75) is 19.3 Å². The molecule has 1 aliphatic carbocycles. The molecule has 2 aromatic heterocycles. The van der Waals surface area contributed by atoms with Crippen molar-refractivity contribution in [3.8, 4) is 11.1 Å². The molecule has 9 aromatic carbocycles. The molecule has 0 radical (unpaired) electrons. The summed E-state index contributed by atoms with van der Waals surface area (Å²) >= 11 is 0. The predicted molar refractivity (Wildman–Crippen MR) is 245 cm³/mol. The van der Waals surface area contributed by atoms with Crippen LogP contribution in [0.25, 0.3) is 65.8 Å². The van der Waals surface area contributed by atoms with Crippen molar-refractivity contribution in [2.75, 3.05) is 9.80 Å². The number of para-hydroxylation sites is 5. The quantitative estimate of drug-likeness (QED) is 0.169. The van der Waals surface area contributed by atoms with E-state index in [-0.39, 0.29) is 5.41 Å². The van der Waals surface area contributed by atoms with Gasteiger partial charge >= 0.3 is 0 Å². The van der Waals surface area contributed by atoms with Crippen molar-refractivity contribution >= 4 is 88.8 Å². The summed E-state index contributed by atoms with van der Waals surface area (Å²) in [6.45, 7) is 4.72. The van der Waals surface area contributed by atoms with Gasteiger partial charge in [-0.1, -0.05) is 141 Å². The number of hydrogen-bond acceptors (Lipinski definition) is 4. The normalized spacial score (nSPS) is 13.1. The number of furan rings is 2. The molecule has 0 atom stereocenters. The molecule has 1 aliphatic rings. The first kappa shape index (κ1) is 33.6. The highest BCUT2D eigenvalue weighted by atomic mass is 16.3. The van der Waals surface area contributed by atoms with Gasteiger partial charge in [0, 0.05) is 49.4 Å². The molecule has 2 heterocycles. The lowest BCUT2D eigenvalue weighted by molar-refractivity contribution is 0.660. The maximum absolute atomic E-state index is 6.72. The fourth-order valence-corrected chi connectivity index (χ4v) is 9.62. The van der Waals surface area contributed by atoms with Gasteiger partial charge < -0.3 is 18.6 Å². The van der Waals surface area contributed by atoms with E-state index in [1.807, 2.05) is 24.3 Å². The Labute approximate surface area is 341 Å². The van der Waals surface area contributed by atoms with Gasteiger partial charge in [0.2, 0.25) is 0 Å². The van der Waals surface area contributed by atoms with Crippen molar-refractivity contribution in [3.05, 3.63) is 205 Å². The van der Waals surface area contributed by atoms with Crippen LogP contribution in [0.15, 0.2) is 203 Å². The minimum Gasteiger partial charge on any atom is -0.454 e. The summed E-state index contributed by atoms with van der Waals surface area (Å²) in [5.41, 5.74) is 14.5. The minimum atomic E-state index is -0.305. The summed E-state index contributed by atoms with van der Waals surface area (Å²) < 4.78 is 13.4. The van der Waals surface area contributed by atoms with Crippen LogP contribution in [0.4, 0.5) is 34.1 Å². The minimum absolute atomic E-state index is 0.305. The van der Waals surface area contributed by atoms with Crippen LogP contribution in [0.3, 0.4) is 0 Å². The molecule has 0 amide bonds.